The molecule has 0 rings (SSSR count). The lowest BCUT2D eigenvalue weighted by Gasteiger charge is -2.25. The molecule has 100 valence electrons. The van der Waals surface area contributed by atoms with Gasteiger partial charge in [0.2, 0.25) is 0 Å². The van der Waals surface area contributed by atoms with E-state index in [1.165, 1.54) is 13.1 Å². The molecule has 0 aromatic carbocycles. The number of carbonyl (C=O) groups is 2. The molecular formula is C6H6Cl6O4Si. The Balaban J connectivity index is 4.62. The summed E-state index contributed by atoms with van der Waals surface area (Å²) in [4.78, 5) is 22.5. The zero-order valence-corrected chi connectivity index (χ0v) is 13.9. The lowest BCUT2D eigenvalue weighted by atomic mass is 10.8. The highest BCUT2D eigenvalue weighted by Gasteiger charge is 2.44. The molecule has 17 heavy (non-hydrogen) atoms. The van der Waals surface area contributed by atoms with Crippen LogP contribution in [0.1, 0.15) is 0 Å². The van der Waals surface area contributed by atoms with Crippen LogP contribution in [0.25, 0.3) is 0 Å². The minimum absolute atomic E-state index is 1.17. The van der Waals surface area contributed by atoms with Crippen LogP contribution in [0.15, 0.2) is 0 Å². The Morgan fingerprint density at radius 3 is 1.24 bits per heavy atom. The molecule has 0 atom stereocenters. The molecule has 0 fully saturated rings. The quantitative estimate of drug-likeness (QED) is 0.541. The molecule has 0 heterocycles. The molecule has 0 radical (unpaired) electrons. The maximum Gasteiger partial charge on any atom is 0.458 e. The van der Waals surface area contributed by atoms with Gasteiger partial charge in [-0.15, -0.1) is 0 Å². The van der Waals surface area contributed by atoms with Crippen molar-refractivity contribution in [2.45, 2.75) is 20.7 Å². The van der Waals surface area contributed by atoms with Crippen molar-refractivity contribution in [3.8, 4) is 0 Å². The lowest BCUT2D eigenvalue weighted by Crippen LogP contribution is -2.44. The van der Waals surface area contributed by atoms with Gasteiger partial charge in [0.05, 0.1) is 0 Å². The smallest absolute Gasteiger partial charge is 0.458 e. The van der Waals surface area contributed by atoms with E-state index in [0.29, 0.717) is 0 Å². The zero-order chi connectivity index (χ0) is 14.1. The Bertz CT molecular complexity index is 289. The average Bonchev–Trinajstić information content (AvgIpc) is 1.97. The van der Waals surface area contributed by atoms with Gasteiger partial charge in [-0.3, -0.25) is 0 Å². The Hall–Kier alpha value is 0.897. The second-order valence-corrected chi connectivity index (χ2v) is 10.9. The van der Waals surface area contributed by atoms with Crippen molar-refractivity contribution < 1.29 is 18.4 Å². The van der Waals surface area contributed by atoms with E-state index in [4.69, 9.17) is 78.5 Å². The predicted octanol–water partition coefficient (Wildman–Crippen LogP) is 3.52. The molecule has 0 aromatic heterocycles. The van der Waals surface area contributed by atoms with Gasteiger partial charge in [-0.2, -0.15) is 0 Å². The molecule has 0 N–H and O–H groups in total. The fraction of sp³-hybridized carbons (Fsp3) is 0.667. The third-order valence-electron chi connectivity index (χ3n) is 1.14. The number of hydrogen-bond donors (Lipinski definition) is 0. The Kier molecular flexibility index (Phi) is 6.21. The molecule has 0 aliphatic rings. The molecule has 0 aliphatic carbocycles. The molecule has 0 unspecified atom stereocenters. The number of alkyl halides is 6. The van der Waals surface area contributed by atoms with Gasteiger partial charge in [-0.25, -0.2) is 9.59 Å². The molecule has 0 saturated heterocycles. The first-order valence-corrected chi connectivity index (χ1v) is 8.94. The summed E-state index contributed by atoms with van der Waals surface area (Å²) >= 11 is 31.7. The van der Waals surface area contributed by atoms with Gasteiger partial charge in [0.25, 0.3) is 7.59 Å². The summed E-state index contributed by atoms with van der Waals surface area (Å²) in [6.45, 7) is 2.69. The van der Waals surface area contributed by atoms with E-state index < -0.39 is 28.1 Å². The van der Waals surface area contributed by atoms with Crippen LogP contribution >= 0.6 is 69.6 Å². The molecule has 0 bridgehead atoms. The highest BCUT2D eigenvalue weighted by atomic mass is 35.6. The monoisotopic (exact) mass is 380 g/mol. The van der Waals surface area contributed by atoms with E-state index in [9.17, 15) is 9.59 Å². The first-order chi connectivity index (χ1) is 7.26. The van der Waals surface area contributed by atoms with Crippen LogP contribution in [0, 0.1) is 0 Å². The van der Waals surface area contributed by atoms with E-state index >= 15 is 0 Å². The first kappa shape index (κ1) is 17.9. The van der Waals surface area contributed by atoms with Crippen LogP contribution in [0.5, 0.6) is 0 Å². The van der Waals surface area contributed by atoms with Crippen molar-refractivity contribution >= 4 is 90.1 Å². The van der Waals surface area contributed by atoms with Gasteiger partial charge in [0, 0.05) is 13.1 Å². The van der Waals surface area contributed by atoms with Gasteiger partial charge in [0.1, 0.15) is 0 Å². The summed E-state index contributed by atoms with van der Waals surface area (Å²) in [5.41, 5.74) is 0. The molecule has 0 amide bonds. The summed E-state index contributed by atoms with van der Waals surface area (Å²) in [5.74, 6) is -2.34. The van der Waals surface area contributed by atoms with Crippen LogP contribution in [0.4, 0.5) is 0 Å². The average molecular weight is 383 g/mol. The summed E-state index contributed by atoms with van der Waals surface area (Å²) < 4.78 is 4.97. The van der Waals surface area contributed by atoms with E-state index in [0.717, 1.165) is 0 Å². The number of hydrogen-bond acceptors (Lipinski definition) is 4. The molecule has 0 saturated carbocycles. The van der Waals surface area contributed by atoms with Crippen molar-refractivity contribution in [1.82, 2.24) is 0 Å². The highest BCUT2D eigenvalue weighted by molar-refractivity contribution is 6.79. The lowest BCUT2D eigenvalue weighted by molar-refractivity contribution is -0.140. The molecule has 4 nitrogen and oxygen atoms in total. The highest BCUT2D eigenvalue weighted by Crippen LogP contribution is 2.31. The normalized spacial score (nSPS) is 13.2. The van der Waals surface area contributed by atoms with Crippen molar-refractivity contribution in [2.24, 2.45) is 0 Å². The zero-order valence-electron chi connectivity index (χ0n) is 8.40. The fourth-order valence-corrected chi connectivity index (χ4v) is 2.44. The van der Waals surface area contributed by atoms with Gasteiger partial charge < -0.3 is 8.85 Å². The maximum absolute atomic E-state index is 11.2. The fourth-order valence-electron chi connectivity index (χ4n) is 0.583. The first-order valence-electron chi connectivity index (χ1n) is 3.86. The molecule has 0 aromatic rings. The van der Waals surface area contributed by atoms with Crippen molar-refractivity contribution in [1.29, 1.82) is 0 Å². The van der Waals surface area contributed by atoms with E-state index in [-0.39, 0.29) is 0 Å². The van der Waals surface area contributed by atoms with Gasteiger partial charge in [0.15, 0.2) is 0 Å². The molecule has 0 spiro atoms. The van der Waals surface area contributed by atoms with E-state index in [1.54, 1.807) is 0 Å². The number of halogens is 6. The van der Waals surface area contributed by atoms with Crippen LogP contribution in [-0.2, 0) is 18.4 Å². The third-order valence-corrected chi connectivity index (χ3v) is 3.42. The van der Waals surface area contributed by atoms with E-state index in [1.807, 2.05) is 0 Å². The van der Waals surface area contributed by atoms with Crippen molar-refractivity contribution in [2.75, 3.05) is 0 Å². The van der Waals surface area contributed by atoms with E-state index in [2.05, 4.69) is 0 Å². The van der Waals surface area contributed by atoms with Gasteiger partial charge in [-0.1, -0.05) is 69.6 Å². The van der Waals surface area contributed by atoms with Crippen LogP contribution in [0.2, 0.25) is 13.1 Å². The maximum atomic E-state index is 11.2. The topological polar surface area (TPSA) is 52.6 Å². The second kappa shape index (κ2) is 5.90. The molecular weight excluding hydrogens is 377 g/mol. The molecule has 11 heteroatoms. The number of carbonyl (C=O) groups excluding carboxylic acids is 2. The van der Waals surface area contributed by atoms with Gasteiger partial charge in [-0.05, 0) is 0 Å². The van der Waals surface area contributed by atoms with Crippen molar-refractivity contribution in [3.05, 3.63) is 0 Å². The SMILES string of the molecule is C[Si](C)(OC(=O)C(Cl)(Cl)Cl)OC(=O)C(Cl)(Cl)Cl. The largest absolute Gasteiger partial charge is 0.482 e. The Morgan fingerprint density at radius 2 is 1.06 bits per heavy atom. The summed E-state index contributed by atoms with van der Waals surface area (Å²) in [7, 11) is -3.25. The summed E-state index contributed by atoms with van der Waals surface area (Å²) in [6, 6.07) is 0. The van der Waals surface area contributed by atoms with Crippen LogP contribution < -0.4 is 0 Å². The Morgan fingerprint density at radius 1 is 0.824 bits per heavy atom. The Labute approximate surface area is 129 Å². The van der Waals surface area contributed by atoms with Crippen LogP contribution in [-0.4, -0.2) is 28.1 Å². The predicted molar refractivity (Wildman–Crippen MR) is 70.2 cm³/mol. The van der Waals surface area contributed by atoms with Crippen LogP contribution in [0.3, 0.4) is 0 Å². The summed E-state index contributed by atoms with van der Waals surface area (Å²) in [6.07, 6.45) is 0. The molecule has 0 aliphatic heterocycles. The summed E-state index contributed by atoms with van der Waals surface area (Å²) in [5, 5.41) is 0. The second-order valence-electron chi connectivity index (χ2n) is 3.17. The number of rotatable bonds is 2. The van der Waals surface area contributed by atoms with Gasteiger partial charge >= 0.3 is 20.5 Å². The standard InChI is InChI=1S/C6H6Cl6O4Si/c1-17(2,15-3(13)5(7,8)9)16-4(14)6(10,11)12/h1-2H3. The van der Waals surface area contributed by atoms with Crippen molar-refractivity contribution in [3.63, 3.8) is 0 Å². The third kappa shape index (κ3) is 7.15. The minimum Gasteiger partial charge on any atom is -0.482 e. The minimum atomic E-state index is -3.25.